The molecular weight excluding hydrogens is 406 g/mol. The highest BCUT2D eigenvalue weighted by Crippen LogP contribution is 2.42. The molecule has 152 valence electrons. The summed E-state index contributed by atoms with van der Waals surface area (Å²) in [7, 11) is 0. The molecule has 0 N–H and O–H groups in total. The minimum Gasteiger partial charge on any atom is -0.456 e. The summed E-state index contributed by atoms with van der Waals surface area (Å²) in [4.78, 5) is 5.14. The molecule has 4 aromatic heterocycles. The molecule has 0 aliphatic rings. The predicted molar refractivity (Wildman–Crippen MR) is 135 cm³/mol. The van der Waals surface area contributed by atoms with Gasteiger partial charge in [-0.15, -0.1) is 0 Å². The summed E-state index contributed by atoms with van der Waals surface area (Å²) in [6.45, 7) is 0. The highest BCUT2D eigenvalue weighted by Gasteiger charge is 2.23. The molecule has 33 heavy (non-hydrogen) atoms. The molecule has 0 saturated heterocycles. The average molecular weight is 421 g/mol. The first-order chi connectivity index (χ1) is 16.4. The Kier molecular flexibility index (Phi) is 2.56. The van der Waals surface area contributed by atoms with E-state index in [1.807, 2.05) is 12.1 Å². The van der Waals surface area contributed by atoms with E-state index in [4.69, 9.17) is 9.40 Å². The second-order valence-corrected chi connectivity index (χ2v) is 8.88. The van der Waals surface area contributed by atoms with Gasteiger partial charge in [0.05, 0.1) is 27.6 Å². The largest absolute Gasteiger partial charge is 0.456 e. The Morgan fingerprint density at radius 3 is 2.33 bits per heavy atom. The second kappa shape index (κ2) is 5.25. The van der Waals surface area contributed by atoms with Gasteiger partial charge in [-0.05, 0) is 47.2 Å². The van der Waals surface area contributed by atoms with Gasteiger partial charge in [0.2, 0.25) is 5.78 Å². The van der Waals surface area contributed by atoms with Crippen LogP contribution in [0.5, 0.6) is 0 Å². The third-order valence-corrected chi connectivity index (χ3v) is 7.22. The Labute approximate surface area is 186 Å². The van der Waals surface area contributed by atoms with Crippen LogP contribution >= 0.6 is 0 Å². The maximum atomic E-state index is 6.20. The minimum atomic E-state index is 0.924. The summed E-state index contributed by atoms with van der Waals surface area (Å²) in [5, 5.41) is 7.25. The topological polar surface area (TPSA) is 34.9 Å². The molecule has 0 aliphatic carbocycles. The number of benzene rings is 5. The van der Waals surface area contributed by atoms with E-state index >= 15 is 0 Å². The summed E-state index contributed by atoms with van der Waals surface area (Å²) < 4.78 is 10.8. The first-order valence-electron chi connectivity index (χ1n) is 11.2. The molecular formula is C29H15N3O. The maximum absolute atomic E-state index is 6.20. The molecule has 5 aromatic carbocycles. The van der Waals surface area contributed by atoms with Crippen LogP contribution in [0.3, 0.4) is 0 Å². The van der Waals surface area contributed by atoms with E-state index in [2.05, 4.69) is 87.7 Å². The van der Waals surface area contributed by atoms with Gasteiger partial charge in [-0.25, -0.2) is 4.98 Å². The summed E-state index contributed by atoms with van der Waals surface area (Å²) in [5.74, 6) is 0.952. The Morgan fingerprint density at radius 2 is 1.39 bits per heavy atom. The van der Waals surface area contributed by atoms with Crippen molar-refractivity contribution in [1.82, 2.24) is 13.8 Å². The number of aromatic nitrogens is 3. The lowest BCUT2D eigenvalue weighted by Gasteiger charge is -2.00. The van der Waals surface area contributed by atoms with Crippen molar-refractivity contribution in [2.75, 3.05) is 0 Å². The van der Waals surface area contributed by atoms with Gasteiger partial charge < -0.3 is 4.42 Å². The number of rotatable bonds is 0. The molecule has 0 spiro atoms. The van der Waals surface area contributed by atoms with Gasteiger partial charge in [0.1, 0.15) is 11.2 Å². The van der Waals surface area contributed by atoms with Gasteiger partial charge in [0.25, 0.3) is 0 Å². The van der Waals surface area contributed by atoms with Gasteiger partial charge in [-0.1, -0.05) is 54.6 Å². The zero-order valence-electron chi connectivity index (χ0n) is 17.4. The van der Waals surface area contributed by atoms with Crippen LogP contribution in [0.2, 0.25) is 0 Å². The molecule has 0 bridgehead atoms. The third kappa shape index (κ3) is 1.76. The van der Waals surface area contributed by atoms with Crippen LogP contribution in [-0.2, 0) is 0 Å². The summed E-state index contributed by atoms with van der Waals surface area (Å²) in [5.41, 5.74) is 7.56. The van der Waals surface area contributed by atoms with Crippen molar-refractivity contribution in [3.63, 3.8) is 0 Å². The van der Waals surface area contributed by atoms with E-state index in [1.54, 1.807) is 0 Å². The Morgan fingerprint density at radius 1 is 0.576 bits per heavy atom. The highest BCUT2D eigenvalue weighted by atomic mass is 16.3. The van der Waals surface area contributed by atoms with Crippen LogP contribution in [0.25, 0.3) is 76.8 Å². The van der Waals surface area contributed by atoms with Crippen molar-refractivity contribution in [2.24, 2.45) is 0 Å². The van der Waals surface area contributed by atoms with E-state index < -0.39 is 0 Å². The van der Waals surface area contributed by atoms with Gasteiger partial charge in [0.15, 0.2) is 0 Å². The lowest BCUT2D eigenvalue weighted by atomic mass is 10.1. The fraction of sp³-hybridized carbons (Fsp3) is 0. The van der Waals surface area contributed by atoms with Crippen LogP contribution in [0.15, 0.2) is 95.4 Å². The number of furan rings is 1. The zero-order chi connectivity index (χ0) is 21.3. The normalized spacial score (nSPS) is 12.8. The summed E-state index contributed by atoms with van der Waals surface area (Å²) in [6, 6.07) is 32.1. The fourth-order valence-electron chi connectivity index (χ4n) is 5.88. The SMILES string of the molecule is c1ccc2cc3c(cc2c1)nc1n3c2cccc3c4c5c(ccc4n1c32)oc1ccccc15. The summed E-state index contributed by atoms with van der Waals surface area (Å²) >= 11 is 0. The second-order valence-electron chi connectivity index (χ2n) is 8.88. The van der Waals surface area contributed by atoms with Crippen molar-refractivity contribution in [3.8, 4) is 0 Å². The molecule has 0 amide bonds. The number of fused-ring (bicyclic) bond motifs is 13. The number of para-hydroxylation sites is 2. The monoisotopic (exact) mass is 421 g/mol. The number of imidazole rings is 2. The van der Waals surface area contributed by atoms with Crippen molar-refractivity contribution in [1.29, 1.82) is 0 Å². The molecule has 9 rings (SSSR count). The third-order valence-electron chi connectivity index (χ3n) is 7.22. The molecule has 0 atom stereocenters. The fourth-order valence-corrected chi connectivity index (χ4v) is 5.88. The van der Waals surface area contributed by atoms with Crippen molar-refractivity contribution in [2.45, 2.75) is 0 Å². The summed E-state index contributed by atoms with van der Waals surface area (Å²) in [6.07, 6.45) is 0. The number of hydrogen-bond donors (Lipinski definition) is 0. The molecule has 0 fully saturated rings. The Bertz CT molecular complexity index is 2240. The van der Waals surface area contributed by atoms with Crippen molar-refractivity contribution >= 4 is 76.8 Å². The first kappa shape index (κ1) is 16.1. The van der Waals surface area contributed by atoms with E-state index in [1.165, 1.54) is 38.0 Å². The molecule has 4 heterocycles. The van der Waals surface area contributed by atoms with Crippen LogP contribution in [-0.4, -0.2) is 13.8 Å². The molecule has 0 unspecified atom stereocenters. The van der Waals surface area contributed by atoms with Gasteiger partial charge >= 0.3 is 0 Å². The minimum absolute atomic E-state index is 0.924. The Hall–Kier alpha value is -4.57. The zero-order valence-corrected chi connectivity index (χ0v) is 17.4. The Balaban J connectivity index is 1.59. The average Bonchev–Trinajstić information content (AvgIpc) is 3.57. The molecule has 0 radical (unpaired) electrons. The highest BCUT2D eigenvalue weighted by molar-refractivity contribution is 6.29. The van der Waals surface area contributed by atoms with Crippen LogP contribution in [0.4, 0.5) is 0 Å². The van der Waals surface area contributed by atoms with E-state index in [0.717, 1.165) is 38.9 Å². The van der Waals surface area contributed by atoms with Gasteiger partial charge in [0, 0.05) is 21.5 Å². The predicted octanol–water partition coefficient (Wildman–Crippen LogP) is 7.54. The molecule has 4 heteroatoms. The van der Waals surface area contributed by atoms with Crippen molar-refractivity contribution in [3.05, 3.63) is 91.0 Å². The maximum Gasteiger partial charge on any atom is 0.220 e. The van der Waals surface area contributed by atoms with Crippen LogP contribution in [0, 0.1) is 0 Å². The van der Waals surface area contributed by atoms with E-state index in [-0.39, 0.29) is 0 Å². The van der Waals surface area contributed by atoms with Gasteiger partial charge in [-0.3, -0.25) is 8.80 Å². The molecule has 4 nitrogen and oxygen atoms in total. The quantitative estimate of drug-likeness (QED) is 0.253. The first-order valence-corrected chi connectivity index (χ1v) is 11.2. The molecule has 0 aliphatic heterocycles. The van der Waals surface area contributed by atoms with E-state index in [0.29, 0.717) is 0 Å². The molecule has 0 saturated carbocycles. The van der Waals surface area contributed by atoms with Gasteiger partial charge in [-0.2, -0.15) is 0 Å². The smallest absolute Gasteiger partial charge is 0.220 e. The van der Waals surface area contributed by atoms with Crippen LogP contribution in [0.1, 0.15) is 0 Å². The lowest BCUT2D eigenvalue weighted by molar-refractivity contribution is 0.669. The van der Waals surface area contributed by atoms with Crippen molar-refractivity contribution < 1.29 is 4.42 Å². The lowest BCUT2D eigenvalue weighted by Crippen LogP contribution is -1.84. The number of nitrogens with zero attached hydrogens (tertiary/aromatic N) is 3. The molecule has 9 aromatic rings. The standard InChI is InChI=1S/C29H15N3O/c1-2-7-17-15-23-20(14-16(17)6-1)30-29-31(23)22-10-5-9-19-26-21(32(29)28(19)22)12-13-25-27(26)18-8-3-4-11-24(18)33-25/h1-15H. The number of hydrogen-bond acceptors (Lipinski definition) is 2. The van der Waals surface area contributed by atoms with Crippen LogP contribution < -0.4 is 0 Å². The van der Waals surface area contributed by atoms with E-state index in [9.17, 15) is 0 Å².